The predicted octanol–water partition coefficient (Wildman–Crippen LogP) is 2.20. The lowest BCUT2D eigenvalue weighted by Crippen LogP contribution is -2.42. The van der Waals surface area contributed by atoms with Crippen molar-refractivity contribution in [2.24, 2.45) is 0 Å². The van der Waals surface area contributed by atoms with Gasteiger partial charge in [-0.15, -0.1) is 0 Å². The second-order valence-corrected chi connectivity index (χ2v) is 7.46. The second kappa shape index (κ2) is 7.62. The number of rotatable bonds is 4. The van der Waals surface area contributed by atoms with Crippen LogP contribution in [0, 0.1) is 5.82 Å². The molecule has 154 valence electrons. The lowest BCUT2D eigenvalue weighted by atomic mass is 10.00. The van der Waals surface area contributed by atoms with Crippen LogP contribution >= 0.6 is 0 Å². The Kier molecular flexibility index (Phi) is 4.80. The molecule has 8 heteroatoms. The molecule has 4 heterocycles. The lowest BCUT2D eigenvalue weighted by Gasteiger charge is -2.30. The highest BCUT2D eigenvalue weighted by Gasteiger charge is 2.42. The standard InChI is InChI=1S/C22H20FN3O4/c23-15-3-4-17-16(12-15)20(27)18-19(14-2-1-5-24-13-14)26(22(28)21(18)30-17)7-6-25-8-10-29-11-9-25/h1-5,12-13,19H,6-11H2/t19-/m0/s1. The third-order valence-electron chi connectivity index (χ3n) is 5.69. The van der Waals surface area contributed by atoms with Gasteiger partial charge >= 0.3 is 0 Å². The Bertz CT molecular complexity index is 1160. The number of carbonyl (C=O) groups excluding carboxylic acids is 1. The topological polar surface area (TPSA) is 75.9 Å². The fourth-order valence-corrected chi connectivity index (χ4v) is 4.18. The van der Waals surface area contributed by atoms with Gasteiger partial charge in [-0.2, -0.15) is 0 Å². The summed E-state index contributed by atoms with van der Waals surface area (Å²) in [5, 5.41) is 0.130. The minimum atomic E-state index is -0.619. The maximum atomic E-state index is 13.8. The molecule has 2 aromatic heterocycles. The van der Waals surface area contributed by atoms with E-state index in [4.69, 9.17) is 9.15 Å². The van der Waals surface area contributed by atoms with Gasteiger partial charge in [0, 0.05) is 38.6 Å². The van der Waals surface area contributed by atoms with E-state index >= 15 is 0 Å². The number of hydrogen-bond donors (Lipinski definition) is 0. The van der Waals surface area contributed by atoms with Crippen molar-refractivity contribution < 1.29 is 18.3 Å². The maximum absolute atomic E-state index is 13.8. The first kappa shape index (κ1) is 18.9. The molecule has 30 heavy (non-hydrogen) atoms. The molecule has 3 aromatic rings. The minimum Gasteiger partial charge on any atom is -0.450 e. The summed E-state index contributed by atoms with van der Waals surface area (Å²) in [5.74, 6) is -0.841. The van der Waals surface area contributed by atoms with Crippen LogP contribution in [0.4, 0.5) is 4.39 Å². The van der Waals surface area contributed by atoms with Crippen molar-refractivity contribution in [2.45, 2.75) is 6.04 Å². The highest BCUT2D eigenvalue weighted by atomic mass is 19.1. The van der Waals surface area contributed by atoms with E-state index in [1.165, 1.54) is 12.1 Å². The fourth-order valence-electron chi connectivity index (χ4n) is 4.18. The van der Waals surface area contributed by atoms with Gasteiger partial charge in [0.2, 0.25) is 5.76 Å². The monoisotopic (exact) mass is 409 g/mol. The molecular weight excluding hydrogens is 389 g/mol. The van der Waals surface area contributed by atoms with E-state index < -0.39 is 11.9 Å². The SMILES string of the molecule is O=C1c2oc3ccc(F)cc3c(=O)c2[C@H](c2cccnc2)N1CCN1CCOCC1. The van der Waals surface area contributed by atoms with Crippen LogP contribution in [0.5, 0.6) is 0 Å². The normalized spacial score (nSPS) is 19.4. The van der Waals surface area contributed by atoms with Crippen LogP contribution in [0.3, 0.4) is 0 Å². The van der Waals surface area contributed by atoms with Crippen molar-refractivity contribution in [3.63, 3.8) is 0 Å². The fraction of sp³-hybridized carbons (Fsp3) is 0.318. The molecule has 0 bridgehead atoms. The van der Waals surface area contributed by atoms with Crippen molar-refractivity contribution in [1.82, 2.24) is 14.8 Å². The Morgan fingerprint density at radius 2 is 1.97 bits per heavy atom. The molecule has 0 radical (unpaired) electrons. The molecule has 1 saturated heterocycles. The quantitative estimate of drug-likeness (QED) is 0.658. The Morgan fingerprint density at radius 1 is 1.13 bits per heavy atom. The van der Waals surface area contributed by atoms with Gasteiger partial charge in [-0.25, -0.2) is 4.39 Å². The molecule has 1 fully saturated rings. The zero-order chi connectivity index (χ0) is 20.7. The number of pyridine rings is 1. The van der Waals surface area contributed by atoms with Crippen molar-refractivity contribution in [2.75, 3.05) is 39.4 Å². The van der Waals surface area contributed by atoms with Gasteiger partial charge < -0.3 is 14.1 Å². The molecule has 1 atom stereocenters. The largest absolute Gasteiger partial charge is 0.450 e. The number of amides is 1. The molecular formula is C22H20FN3O4. The lowest BCUT2D eigenvalue weighted by molar-refractivity contribution is 0.0314. The summed E-state index contributed by atoms with van der Waals surface area (Å²) < 4.78 is 25.0. The number of carbonyl (C=O) groups is 1. The summed E-state index contributed by atoms with van der Waals surface area (Å²) in [7, 11) is 0. The van der Waals surface area contributed by atoms with Crippen LogP contribution < -0.4 is 5.43 Å². The van der Waals surface area contributed by atoms with Gasteiger partial charge in [0.15, 0.2) is 5.43 Å². The van der Waals surface area contributed by atoms with Crippen molar-refractivity contribution in [3.05, 3.63) is 75.7 Å². The number of halogens is 1. The second-order valence-electron chi connectivity index (χ2n) is 7.46. The first-order valence-electron chi connectivity index (χ1n) is 9.91. The van der Waals surface area contributed by atoms with E-state index in [1.54, 1.807) is 23.4 Å². The number of aromatic nitrogens is 1. The van der Waals surface area contributed by atoms with Crippen LogP contribution in [0.2, 0.25) is 0 Å². The molecule has 0 aliphatic carbocycles. The molecule has 0 saturated carbocycles. The molecule has 0 unspecified atom stereocenters. The summed E-state index contributed by atoms with van der Waals surface area (Å²) in [4.78, 5) is 34.6. The molecule has 7 nitrogen and oxygen atoms in total. The Labute approximate surface area is 171 Å². The minimum absolute atomic E-state index is 0.0231. The van der Waals surface area contributed by atoms with Gasteiger partial charge in [0.25, 0.3) is 5.91 Å². The van der Waals surface area contributed by atoms with E-state index in [9.17, 15) is 14.0 Å². The average molecular weight is 409 g/mol. The maximum Gasteiger partial charge on any atom is 0.290 e. The summed E-state index contributed by atoms with van der Waals surface area (Å²) in [6.45, 7) is 4.00. The Morgan fingerprint density at radius 3 is 2.73 bits per heavy atom. The molecule has 2 aliphatic rings. The Balaban J connectivity index is 1.60. The van der Waals surface area contributed by atoms with E-state index in [1.807, 2.05) is 6.07 Å². The van der Waals surface area contributed by atoms with Crippen LogP contribution in [0.15, 0.2) is 51.9 Å². The summed E-state index contributed by atoms with van der Waals surface area (Å²) in [5.41, 5.74) is 0.776. The van der Waals surface area contributed by atoms with Gasteiger partial charge in [-0.05, 0) is 29.8 Å². The molecule has 0 N–H and O–H groups in total. The van der Waals surface area contributed by atoms with E-state index in [0.29, 0.717) is 26.3 Å². The van der Waals surface area contributed by atoms with Crippen LogP contribution in [-0.2, 0) is 4.74 Å². The number of nitrogens with zero attached hydrogens (tertiary/aromatic N) is 3. The predicted molar refractivity (Wildman–Crippen MR) is 107 cm³/mol. The van der Waals surface area contributed by atoms with Crippen LogP contribution in [0.1, 0.15) is 27.7 Å². The van der Waals surface area contributed by atoms with E-state index in [2.05, 4.69) is 9.88 Å². The highest BCUT2D eigenvalue weighted by molar-refractivity contribution is 5.99. The summed E-state index contributed by atoms with van der Waals surface area (Å²) in [6, 6.07) is 6.73. The van der Waals surface area contributed by atoms with Gasteiger partial charge in [-0.1, -0.05) is 6.07 Å². The Hall–Kier alpha value is -3.10. The third-order valence-corrected chi connectivity index (χ3v) is 5.69. The number of morpholine rings is 1. The first-order valence-corrected chi connectivity index (χ1v) is 9.91. The van der Waals surface area contributed by atoms with Gasteiger partial charge in [-0.3, -0.25) is 19.5 Å². The number of fused-ring (bicyclic) bond motifs is 2. The number of hydrogen-bond acceptors (Lipinski definition) is 6. The number of ether oxygens (including phenoxy) is 1. The smallest absolute Gasteiger partial charge is 0.290 e. The van der Waals surface area contributed by atoms with Crippen LogP contribution in [0.25, 0.3) is 11.0 Å². The number of benzene rings is 1. The van der Waals surface area contributed by atoms with E-state index in [-0.39, 0.29) is 33.6 Å². The first-order chi connectivity index (χ1) is 14.6. The average Bonchev–Trinajstić information content (AvgIpc) is 3.06. The van der Waals surface area contributed by atoms with Crippen molar-refractivity contribution in [1.29, 1.82) is 0 Å². The van der Waals surface area contributed by atoms with Gasteiger partial charge in [0.1, 0.15) is 11.4 Å². The summed E-state index contributed by atoms with van der Waals surface area (Å²) >= 11 is 0. The molecule has 0 spiro atoms. The zero-order valence-electron chi connectivity index (χ0n) is 16.2. The molecule has 1 aromatic carbocycles. The van der Waals surface area contributed by atoms with Crippen molar-refractivity contribution >= 4 is 16.9 Å². The van der Waals surface area contributed by atoms with Crippen molar-refractivity contribution in [3.8, 4) is 0 Å². The molecule has 2 aliphatic heterocycles. The highest BCUT2D eigenvalue weighted by Crippen LogP contribution is 2.37. The molecule has 1 amide bonds. The van der Waals surface area contributed by atoms with Gasteiger partial charge in [0.05, 0.1) is 30.2 Å². The third kappa shape index (κ3) is 3.18. The van der Waals surface area contributed by atoms with Crippen LogP contribution in [-0.4, -0.2) is 60.1 Å². The van der Waals surface area contributed by atoms with E-state index in [0.717, 1.165) is 24.7 Å². The summed E-state index contributed by atoms with van der Waals surface area (Å²) in [6.07, 6.45) is 3.28. The zero-order valence-corrected chi connectivity index (χ0v) is 16.2. The molecule has 5 rings (SSSR count).